The smallest absolute Gasteiger partial charge is 0.0473 e. The average molecular weight is 345 g/mol. The van der Waals surface area contributed by atoms with Crippen LogP contribution in [0.15, 0.2) is 30.3 Å². The molecule has 2 aliphatic heterocycles. The maximum absolute atomic E-state index is 6.36. The van der Waals surface area contributed by atoms with Crippen molar-refractivity contribution in [3.8, 4) is 0 Å². The van der Waals surface area contributed by atoms with E-state index in [1.807, 2.05) is 0 Å². The molecular weight excluding hydrogens is 308 g/mol. The maximum Gasteiger partial charge on any atom is 0.0473 e. The number of nitrogens with zero attached hydrogens (tertiary/aromatic N) is 3. The van der Waals surface area contributed by atoms with Crippen molar-refractivity contribution in [1.82, 2.24) is 14.7 Å². The molecule has 2 atom stereocenters. The lowest BCUT2D eigenvalue weighted by Gasteiger charge is -2.45. The molecule has 0 radical (unpaired) electrons. The van der Waals surface area contributed by atoms with E-state index >= 15 is 0 Å². The van der Waals surface area contributed by atoms with Gasteiger partial charge in [0.05, 0.1) is 0 Å². The summed E-state index contributed by atoms with van der Waals surface area (Å²) in [5, 5.41) is 0. The fourth-order valence-electron chi connectivity index (χ4n) is 4.92. The van der Waals surface area contributed by atoms with Gasteiger partial charge in [-0.1, -0.05) is 30.3 Å². The lowest BCUT2D eigenvalue weighted by molar-refractivity contribution is 0.0540. The number of rotatable bonds is 6. The zero-order chi connectivity index (χ0) is 17.9. The van der Waals surface area contributed by atoms with Crippen molar-refractivity contribution in [2.24, 2.45) is 11.7 Å². The van der Waals surface area contributed by atoms with Crippen molar-refractivity contribution in [2.45, 2.75) is 44.3 Å². The van der Waals surface area contributed by atoms with Crippen molar-refractivity contribution >= 4 is 0 Å². The molecule has 0 spiro atoms. The Morgan fingerprint density at radius 2 is 1.84 bits per heavy atom. The predicted octanol–water partition coefficient (Wildman–Crippen LogP) is 2.25. The molecule has 3 rings (SSSR count). The van der Waals surface area contributed by atoms with Gasteiger partial charge >= 0.3 is 0 Å². The van der Waals surface area contributed by atoms with E-state index in [0.717, 1.165) is 25.6 Å². The minimum Gasteiger partial charge on any atom is -0.329 e. The molecule has 2 saturated heterocycles. The monoisotopic (exact) mass is 344 g/mol. The Morgan fingerprint density at radius 3 is 2.44 bits per heavy atom. The maximum atomic E-state index is 6.36. The Labute approximate surface area is 154 Å². The number of benzene rings is 1. The van der Waals surface area contributed by atoms with E-state index in [1.54, 1.807) is 0 Å². The van der Waals surface area contributed by atoms with Crippen LogP contribution in [0.25, 0.3) is 0 Å². The normalized spacial score (nSPS) is 29.6. The van der Waals surface area contributed by atoms with Gasteiger partial charge < -0.3 is 10.6 Å². The summed E-state index contributed by atoms with van der Waals surface area (Å²) < 4.78 is 0. The summed E-state index contributed by atoms with van der Waals surface area (Å²) in [6, 6.07) is 11.5. The van der Waals surface area contributed by atoms with Crippen molar-refractivity contribution < 1.29 is 0 Å². The Hall–Kier alpha value is -0.940. The fraction of sp³-hybridized carbons (Fsp3) is 0.714. The Kier molecular flexibility index (Phi) is 6.16. The molecule has 2 aliphatic rings. The Bertz CT molecular complexity index is 524. The molecule has 0 aromatic heterocycles. The van der Waals surface area contributed by atoms with Crippen molar-refractivity contribution in [2.75, 3.05) is 46.8 Å². The summed E-state index contributed by atoms with van der Waals surface area (Å²) in [6.45, 7) is 8.95. The first-order valence-corrected chi connectivity index (χ1v) is 9.90. The van der Waals surface area contributed by atoms with Crippen molar-refractivity contribution in [3.63, 3.8) is 0 Å². The van der Waals surface area contributed by atoms with E-state index < -0.39 is 0 Å². The third kappa shape index (κ3) is 4.43. The van der Waals surface area contributed by atoms with Crippen LogP contribution >= 0.6 is 0 Å². The van der Waals surface area contributed by atoms with E-state index in [1.165, 1.54) is 44.5 Å². The van der Waals surface area contributed by atoms with Crippen LogP contribution in [0.2, 0.25) is 0 Å². The third-order valence-electron chi connectivity index (χ3n) is 6.31. The highest BCUT2D eigenvalue weighted by molar-refractivity contribution is 5.16. The summed E-state index contributed by atoms with van der Waals surface area (Å²) in [5.41, 5.74) is 7.94. The van der Waals surface area contributed by atoms with Crippen LogP contribution in [0.5, 0.6) is 0 Å². The zero-order valence-electron chi connectivity index (χ0n) is 16.3. The van der Waals surface area contributed by atoms with E-state index in [9.17, 15) is 0 Å². The fourth-order valence-corrected chi connectivity index (χ4v) is 4.92. The van der Waals surface area contributed by atoms with Crippen LogP contribution in [0, 0.1) is 5.92 Å². The minimum absolute atomic E-state index is 0.178. The number of piperidine rings is 1. The lowest BCUT2D eigenvalue weighted by Crippen LogP contribution is -2.58. The zero-order valence-corrected chi connectivity index (χ0v) is 16.3. The van der Waals surface area contributed by atoms with Crippen LogP contribution in [-0.4, -0.2) is 73.1 Å². The highest BCUT2D eigenvalue weighted by atomic mass is 15.3. The van der Waals surface area contributed by atoms with Crippen LogP contribution < -0.4 is 5.73 Å². The molecule has 2 N–H and O–H groups in total. The topological polar surface area (TPSA) is 35.7 Å². The van der Waals surface area contributed by atoms with E-state index in [-0.39, 0.29) is 5.54 Å². The summed E-state index contributed by atoms with van der Waals surface area (Å²) in [6.07, 6.45) is 3.83. The van der Waals surface area contributed by atoms with Crippen molar-refractivity contribution in [1.29, 1.82) is 0 Å². The molecule has 0 aliphatic carbocycles. The number of likely N-dealkylation sites (tertiary alicyclic amines) is 2. The highest BCUT2D eigenvalue weighted by Gasteiger charge is 2.46. The second kappa shape index (κ2) is 8.17. The molecule has 4 heteroatoms. The van der Waals surface area contributed by atoms with Gasteiger partial charge in [0.25, 0.3) is 0 Å². The molecule has 2 unspecified atom stereocenters. The van der Waals surface area contributed by atoms with Crippen LogP contribution in [0.4, 0.5) is 0 Å². The summed E-state index contributed by atoms with van der Waals surface area (Å²) in [7, 11) is 4.38. The molecule has 2 fully saturated rings. The SMILES string of the molecule is CC1CC(CN)(N2CCC(CN(C)C)CC2)CN1Cc1ccccc1. The van der Waals surface area contributed by atoms with Crippen LogP contribution in [-0.2, 0) is 6.54 Å². The van der Waals surface area contributed by atoms with Crippen LogP contribution in [0.3, 0.4) is 0 Å². The summed E-state index contributed by atoms with van der Waals surface area (Å²) >= 11 is 0. The molecule has 4 nitrogen and oxygen atoms in total. The predicted molar refractivity (Wildman–Crippen MR) is 106 cm³/mol. The molecule has 2 heterocycles. The first kappa shape index (κ1) is 18.8. The largest absolute Gasteiger partial charge is 0.329 e. The third-order valence-corrected chi connectivity index (χ3v) is 6.31. The quantitative estimate of drug-likeness (QED) is 0.859. The van der Waals surface area contributed by atoms with Gasteiger partial charge in [0.15, 0.2) is 0 Å². The summed E-state index contributed by atoms with van der Waals surface area (Å²) in [5.74, 6) is 0.848. The summed E-state index contributed by atoms with van der Waals surface area (Å²) in [4.78, 5) is 7.69. The second-order valence-electron chi connectivity index (χ2n) is 8.56. The molecule has 25 heavy (non-hydrogen) atoms. The molecule has 0 bridgehead atoms. The first-order chi connectivity index (χ1) is 12.0. The average Bonchev–Trinajstić information content (AvgIpc) is 2.93. The highest BCUT2D eigenvalue weighted by Crippen LogP contribution is 2.35. The van der Waals surface area contributed by atoms with E-state index in [0.29, 0.717) is 6.04 Å². The Morgan fingerprint density at radius 1 is 1.16 bits per heavy atom. The van der Waals surface area contributed by atoms with Gasteiger partial charge in [-0.25, -0.2) is 0 Å². The second-order valence-corrected chi connectivity index (χ2v) is 8.56. The van der Waals surface area contributed by atoms with E-state index in [4.69, 9.17) is 5.73 Å². The van der Waals surface area contributed by atoms with Gasteiger partial charge in [-0.2, -0.15) is 0 Å². The minimum atomic E-state index is 0.178. The van der Waals surface area contributed by atoms with Crippen molar-refractivity contribution in [3.05, 3.63) is 35.9 Å². The van der Waals surface area contributed by atoms with E-state index in [2.05, 4.69) is 66.1 Å². The molecule has 0 amide bonds. The van der Waals surface area contributed by atoms with Gasteiger partial charge in [0.2, 0.25) is 0 Å². The molecule has 1 aromatic carbocycles. The van der Waals surface area contributed by atoms with Gasteiger partial charge in [0.1, 0.15) is 0 Å². The molecule has 140 valence electrons. The van der Waals surface area contributed by atoms with Gasteiger partial charge in [-0.3, -0.25) is 9.80 Å². The number of nitrogens with two attached hydrogens (primary N) is 1. The standard InChI is InChI=1S/C21H36N4/c1-18-13-21(16-22,17-24(18)15-19-7-5-4-6-8-19)25-11-9-20(10-12-25)14-23(2)3/h4-8,18,20H,9-17,22H2,1-3H3. The first-order valence-electron chi connectivity index (χ1n) is 9.90. The Balaban J connectivity index is 1.62. The van der Waals surface area contributed by atoms with Gasteiger partial charge in [-0.05, 0) is 64.9 Å². The number of hydrogen-bond donors (Lipinski definition) is 1. The van der Waals surface area contributed by atoms with Crippen LogP contribution in [0.1, 0.15) is 31.7 Å². The molecular formula is C21H36N4. The van der Waals surface area contributed by atoms with Gasteiger partial charge in [-0.15, -0.1) is 0 Å². The number of hydrogen-bond acceptors (Lipinski definition) is 4. The molecule has 1 aromatic rings. The molecule has 0 saturated carbocycles. The lowest BCUT2D eigenvalue weighted by atomic mass is 9.88. The van der Waals surface area contributed by atoms with Gasteiger partial charge in [0, 0.05) is 37.8 Å².